The Morgan fingerprint density at radius 2 is 2.00 bits per heavy atom. The topological polar surface area (TPSA) is 95.6 Å². The summed E-state index contributed by atoms with van der Waals surface area (Å²) in [6.45, 7) is 2.24. The van der Waals surface area contributed by atoms with Crippen molar-refractivity contribution >= 4 is 5.91 Å². The van der Waals surface area contributed by atoms with E-state index in [1.807, 2.05) is 6.92 Å². The van der Waals surface area contributed by atoms with Crippen molar-refractivity contribution in [3.05, 3.63) is 23.8 Å². The molecule has 1 aromatic rings. The van der Waals surface area contributed by atoms with Gasteiger partial charge in [0.05, 0.1) is 0 Å². The molecule has 0 aromatic heterocycles. The lowest BCUT2D eigenvalue weighted by atomic mass is 10.1. The number of aromatic hydroxyl groups is 2. The molecule has 1 aromatic carbocycles. The predicted molar refractivity (Wildman–Crippen MR) is 60.4 cm³/mol. The van der Waals surface area contributed by atoms with E-state index in [9.17, 15) is 15.0 Å². The van der Waals surface area contributed by atoms with Crippen molar-refractivity contribution in [1.29, 1.82) is 0 Å². The number of nitrogens with one attached hydrogen (secondary N) is 1. The van der Waals surface area contributed by atoms with E-state index in [2.05, 4.69) is 5.32 Å². The molecule has 1 atom stereocenters. The number of benzene rings is 1. The Labute approximate surface area is 93.9 Å². The highest BCUT2D eigenvalue weighted by Crippen LogP contribution is 2.25. The molecule has 5 nitrogen and oxygen atoms in total. The summed E-state index contributed by atoms with van der Waals surface area (Å²) in [5.74, 6) is -0.979. The fourth-order valence-electron chi connectivity index (χ4n) is 1.26. The summed E-state index contributed by atoms with van der Waals surface area (Å²) < 4.78 is 0. The molecule has 1 rings (SSSR count). The van der Waals surface area contributed by atoms with Crippen LogP contribution in [0, 0.1) is 0 Å². The summed E-state index contributed by atoms with van der Waals surface area (Å²) in [6, 6.07) is 4.15. The van der Waals surface area contributed by atoms with Crippen molar-refractivity contribution in [2.24, 2.45) is 5.73 Å². The molecule has 0 aliphatic heterocycles. The lowest BCUT2D eigenvalue weighted by Crippen LogP contribution is -2.29. The smallest absolute Gasteiger partial charge is 0.258 e. The fraction of sp³-hybridized carbons (Fsp3) is 0.364. The highest BCUT2D eigenvalue weighted by molar-refractivity contribution is 5.99. The van der Waals surface area contributed by atoms with E-state index in [0.29, 0.717) is 13.0 Å². The Morgan fingerprint density at radius 1 is 1.44 bits per heavy atom. The van der Waals surface area contributed by atoms with Gasteiger partial charge >= 0.3 is 0 Å². The van der Waals surface area contributed by atoms with Gasteiger partial charge in [0.15, 0.2) is 0 Å². The minimum absolute atomic E-state index is 0.00160. The number of phenolic OH excluding ortho intramolecular Hbond substituents is 2. The van der Waals surface area contributed by atoms with E-state index in [1.54, 1.807) is 0 Å². The summed E-state index contributed by atoms with van der Waals surface area (Å²) in [6.07, 6.45) is 0.639. The lowest BCUT2D eigenvalue weighted by molar-refractivity contribution is 0.0947. The third-order valence-electron chi connectivity index (χ3n) is 2.13. The predicted octanol–water partition coefficient (Wildman–Crippen LogP) is 0.565. The van der Waals surface area contributed by atoms with Gasteiger partial charge < -0.3 is 21.3 Å². The highest BCUT2D eigenvalue weighted by atomic mass is 16.3. The number of amides is 1. The van der Waals surface area contributed by atoms with Gasteiger partial charge in [-0.25, -0.2) is 0 Å². The van der Waals surface area contributed by atoms with Crippen molar-refractivity contribution in [3.63, 3.8) is 0 Å². The molecule has 5 heteroatoms. The normalized spacial score (nSPS) is 12.1. The van der Waals surface area contributed by atoms with Crippen LogP contribution in [0.2, 0.25) is 0 Å². The largest absolute Gasteiger partial charge is 0.507 e. The van der Waals surface area contributed by atoms with Crippen molar-refractivity contribution in [3.8, 4) is 11.5 Å². The second-order valence-corrected chi connectivity index (χ2v) is 3.69. The Hall–Kier alpha value is -1.75. The van der Waals surface area contributed by atoms with Crippen LogP contribution < -0.4 is 11.1 Å². The highest BCUT2D eigenvalue weighted by Gasteiger charge is 2.15. The standard InChI is InChI=1S/C11H16N2O3/c1-7(12)5-6-13-11(16)10-8(14)3-2-4-9(10)15/h2-4,7,14-15H,5-6,12H2,1H3,(H,13,16). The Bertz CT molecular complexity index is 357. The molecule has 0 spiro atoms. The molecular weight excluding hydrogens is 208 g/mol. The lowest BCUT2D eigenvalue weighted by Gasteiger charge is -2.09. The van der Waals surface area contributed by atoms with E-state index in [1.165, 1.54) is 18.2 Å². The third kappa shape index (κ3) is 3.13. The minimum Gasteiger partial charge on any atom is -0.507 e. The van der Waals surface area contributed by atoms with Crippen LogP contribution in [0.25, 0.3) is 0 Å². The van der Waals surface area contributed by atoms with Crippen LogP contribution in [-0.4, -0.2) is 28.7 Å². The van der Waals surface area contributed by atoms with Crippen LogP contribution in [-0.2, 0) is 0 Å². The molecule has 0 radical (unpaired) electrons. The van der Waals surface area contributed by atoms with Crippen molar-refractivity contribution < 1.29 is 15.0 Å². The summed E-state index contributed by atoms with van der Waals surface area (Å²) >= 11 is 0. The molecule has 0 saturated carbocycles. The third-order valence-corrected chi connectivity index (χ3v) is 2.13. The van der Waals surface area contributed by atoms with Gasteiger partial charge in [0.2, 0.25) is 0 Å². The van der Waals surface area contributed by atoms with Crippen LogP contribution in [0.4, 0.5) is 0 Å². The number of hydrogen-bond donors (Lipinski definition) is 4. The van der Waals surface area contributed by atoms with Crippen LogP contribution in [0.5, 0.6) is 11.5 Å². The van der Waals surface area contributed by atoms with Crippen LogP contribution >= 0.6 is 0 Å². The number of phenols is 2. The molecule has 0 saturated heterocycles. The fourth-order valence-corrected chi connectivity index (χ4v) is 1.26. The van der Waals surface area contributed by atoms with Crippen molar-refractivity contribution in [2.45, 2.75) is 19.4 Å². The molecule has 0 aliphatic carbocycles. The van der Waals surface area contributed by atoms with Gasteiger partial charge in [-0.2, -0.15) is 0 Å². The molecular formula is C11H16N2O3. The van der Waals surface area contributed by atoms with Crippen LogP contribution in [0.1, 0.15) is 23.7 Å². The molecule has 5 N–H and O–H groups in total. The monoisotopic (exact) mass is 224 g/mol. The Kier molecular flexibility index (Phi) is 4.13. The van der Waals surface area contributed by atoms with Gasteiger partial charge in [-0.15, -0.1) is 0 Å². The molecule has 1 unspecified atom stereocenters. The number of rotatable bonds is 4. The number of carbonyl (C=O) groups excluding carboxylic acids is 1. The van der Waals surface area contributed by atoms with Gasteiger partial charge in [0.1, 0.15) is 17.1 Å². The van der Waals surface area contributed by atoms with E-state index < -0.39 is 5.91 Å². The average Bonchev–Trinajstić information content (AvgIpc) is 2.16. The van der Waals surface area contributed by atoms with Gasteiger partial charge in [-0.1, -0.05) is 6.07 Å². The molecule has 0 aliphatic rings. The van der Waals surface area contributed by atoms with Gasteiger partial charge in [-0.05, 0) is 25.5 Å². The van der Waals surface area contributed by atoms with E-state index in [0.717, 1.165) is 0 Å². The first kappa shape index (κ1) is 12.3. The van der Waals surface area contributed by atoms with Gasteiger partial charge in [-0.3, -0.25) is 4.79 Å². The van der Waals surface area contributed by atoms with Gasteiger partial charge in [0, 0.05) is 12.6 Å². The second-order valence-electron chi connectivity index (χ2n) is 3.69. The van der Waals surface area contributed by atoms with E-state index >= 15 is 0 Å². The number of hydrogen-bond acceptors (Lipinski definition) is 4. The Balaban J connectivity index is 2.66. The zero-order valence-corrected chi connectivity index (χ0v) is 9.10. The first-order chi connectivity index (χ1) is 7.52. The summed E-state index contributed by atoms with van der Waals surface area (Å²) in [7, 11) is 0. The summed E-state index contributed by atoms with van der Waals surface area (Å²) in [5, 5.41) is 21.4. The maximum Gasteiger partial charge on any atom is 0.258 e. The first-order valence-electron chi connectivity index (χ1n) is 5.07. The molecule has 0 bridgehead atoms. The van der Waals surface area contributed by atoms with Crippen LogP contribution in [0.15, 0.2) is 18.2 Å². The van der Waals surface area contributed by atoms with Crippen molar-refractivity contribution in [2.75, 3.05) is 6.54 Å². The quantitative estimate of drug-likeness (QED) is 0.601. The first-order valence-corrected chi connectivity index (χ1v) is 5.07. The molecule has 1 amide bonds. The molecule has 0 fully saturated rings. The van der Waals surface area contributed by atoms with E-state index in [4.69, 9.17) is 5.73 Å². The second kappa shape index (κ2) is 5.37. The molecule has 88 valence electrons. The SMILES string of the molecule is CC(N)CCNC(=O)c1c(O)cccc1O. The van der Waals surface area contributed by atoms with Crippen LogP contribution in [0.3, 0.4) is 0 Å². The summed E-state index contributed by atoms with van der Waals surface area (Å²) in [5.41, 5.74) is 5.42. The zero-order chi connectivity index (χ0) is 12.1. The average molecular weight is 224 g/mol. The molecule has 0 heterocycles. The zero-order valence-electron chi connectivity index (χ0n) is 9.10. The maximum absolute atomic E-state index is 11.6. The molecule has 16 heavy (non-hydrogen) atoms. The van der Waals surface area contributed by atoms with Crippen molar-refractivity contribution in [1.82, 2.24) is 5.32 Å². The summed E-state index contributed by atoms with van der Waals surface area (Å²) in [4.78, 5) is 11.6. The Morgan fingerprint density at radius 3 is 2.50 bits per heavy atom. The number of carbonyl (C=O) groups is 1. The van der Waals surface area contributed by atoms with Gasteiger partial charge in [0.25, 0.3) is 5.91 Å². The van der Waals surface area contributed by atoms with E-state index in [-0.39, 0.29) is 23.1 Å². The number of nitrogens with two attached hydrogens (primary N) is 1. The maximum atomic E-state index is 11.6. The minimum atomic E-state index is -0.503.